The highest BCUT2D eigenvalue weighted by atomic mass is 32.2. The van der Waals surface area contributed by atoms with Crippen molar-refractivity contribution in [3.63, 3.8) is 0 Å². The van der Waals surface area contributed by atoms with E-state index in [0.29, 0.717) is 0 Å². The van der Waals surface area contributed by atoms with Gasteiger partial charge in [-0.05, 0) is 37.3 Å². The average Bonchev–Trinajstić information content (AvgIpc) is 2.47. The Labute approximate surface area is 134 Å². The van der Waals surface area contributed by atoms with E-state index in [1.54, 1.807) is 12.1 Å². The van der Waals surface area contributed by atoms with Gasteiger partial charge in [0.2, 0.25) is 0 Å². The molecule has 0 amide bonds. The number of benzene rings is 2. The molecule has 0 spiro atoms. The highest BCUT2D eigenvalue weighted by Crippen LogP contribution is 2.25. The Balaban J connectivity index is 2.47. The van der Waals surface area contributed by atoms with E-state index in [9.17, 15) is 17.6 Å². The van der Waals surface area contributed by atoms with Gasteiger partial charge in [-0.2, -0.15) is 0 Å². The number of hydrogen-bond donors (Lipinski definition) is 1. The van der Waals surface area contributed by atoms with Crippen LogP contribution in [-0.4, -0.2) is 26.0 Å². The van der Waals surface area contributed by atoms with Gasteiger partial charge in [0.05, 0.1) is 17.0 Å². The fourth-order valence-corrected chi connectivity index (χ4v) is 3.51. The molecule has 2 rings (SSSR count). The molecule has 0 unspecified atom stereocenters. The van der Waals surface area contributed by atoms with Gasteiger partial charge in [-0.25, -0.2) is 12.8 Å². The Bertz CT molecular complexity index is 803. The lowest BCUT2D eigenvalue weighted by molar-refractivity contribution is -0.136. The monoisotopic (exact) mass is 337 g/mol. The lowest BCUT2D eigenvalue weighted by atomic mass is 10.2. The van der Waals surface area contributed by atoms with E-state index in [2.05, 4.69) is 0 Å². The average molecular weight is 337 g/mol. The number of carboxylic acids is 1. The smallest absolute Gasteiger partial charge is 0.305 e. The van der Waals surface area contributed by atoms with Gasteiger partial charge in [-0.3, -0.25) is 9.10 Å². The fraction of sp³-hybridized carbons (Fsp3) is 0.188. The van der Waals surface area contributed by atoms with Crippen molar-refractivity contribution >= 4 is 21.7 Å². The van der Waals surface area contributed by atoms with Gasteiger partial charge in [0.25, 0.3) is 10.0 Å². The van der Waals surface area contributed by atoms with Crippen LogP contribution in [0.2, 0.25) is 0 Å². The molecule has 122 valence electrons. The first-order valence-electron chi connectivity index (χ1n) is 6.87. The van der Waals surface area contributed by atoms with Crippen molar-refractivity contribution in [1.82, 2.24) is 0 Å². The molecule has 0 bridgehead atoms. The van der Waals surface area contributed by atoms with Crippen molar-refractivity contribution in [2.75, 3.05) is 10.8 Å². The van der Waals surface area contributed by atoms with Gasteiger partial charge in [-0.15, -0.1) is 0 Å². The highest BCUT2D eigenvalue weighted by Gasteiger charge is 2.25. The van der Waals surface area contributed by atoms with E-state index < -0.39 is 21.8 Å². The van der Waals surface area contributed by atoms with E-state index in [0.717, 1.165) is 15.9 Å². The number of aryl methyl sites for hydroxylation is 1. The Kier molecular flexibility index (Phi) is 5.00. The van der Waals surface area contributed by atoms with Crippen LogP contribution < -0.4 is 4.31 Å². The summed E-state index contributed by atoms with van der Waals surface area (Å²) in [6, 6.07) is 11.2. The molecule has 23 heavy (non-hydrogen) atoms. The number of anilines is 1. The molecule has 0 fully saturated rings. The molecule has 0 aliphatic carbocycles. The van der Waals surface area contributed by atoms with E-state index in [4.69, 9.17) is 5.11 Å². The van der Waals surface area contributed by atoms with Crippen molar-refractivity contribution < 1.29 is 22.7 Å². The third-order valence-corrected chi connectivity index (χ3v) is 5.08. The zero-order valence-corrected chi connectivity index (χ0v) is 13.3. The summed E-state index contributed by atoms with van der Waals surface area (Å²) in [4.78, 5) is 10.8. The second-order valence-corrected chi connectivity index (χ2v) is 6.88. The molecule has 2 aromatic carbocycles. The first kappa shape index (κ1) is 17.0. The molecule has 0 atom stereocenters. The van der Waals surface area contributed by atoms with Gasteiger partial charge < -0.3 is 5.11 Å². The van der Waals surface area contributed by atoms with Crippen LogP contribution in [0.1, 0.15) is 12.0 Å². The van der Waals surface area contributed by atoms with E-state index in [1.807, 2.05) is 6.92 Å². The third kappa shape index (κ3) is 4.07. The van der Waals surface area contributed by atoms with E-state index in [1.165, 1.54) is 30.3 Å². The second-order valence-electron chi connectivity index (χ2n) is 5.01. The molecule has 5 nitrogen and oxygen atoms in total. The molecular formula is C16H16FNO4S. The van der Waals surface area contributed by atoms with E-state index >= 15 is 0 Å². The number of hydrogen-bond acceptors (Lipinski definition) is 3. The predicted octanol–water partition coefficient (Wildman–Crippen LogP) is 2.80. The second kappa shape index (κ2) is 6.78. The Morgan fingerprint density at radius 3 is 2.39 bits per heavy atom. The molecule has 0 saturated heterocycles. The third-order valence-electron chi connectivity index (χ3n) is 3.23. The molecule has 0 aliphatic heterocycles. The molecule has 7 heteroatoms. The molecule has 0 heterocycles. The van der Waals surface area contributed by atoms with Crippen molar-refractivity contribution in [2.45, 2.75) is 18.2 Å². The number of aliphatic carboxylic acids is 1. The van der Waals surface area contributed by atoms with Crippen molar-refractivity contribution in [2.24, 2.45) is 0 Å². The Hall–Kier alpha value is -2.41. The lowest BCUT2D eigenvalue weighted by Crippen LogP contribution is -2.33. The fourth-order valence-electron chi connectivity index (χ4n) is 2.05. The lowest BCUT2D eigenvalue weighted by Gasteiger charge is -2.24. The minimum Gasteiger partial charge on any atom is -0.481 e. The first-order chi connectivity index (χ1) is 10.8. The summed E-state index contributed by atoms with van der Waals surface area (Å²) < 4.78 is 39.9. The summed E-state index contributed by atoms with van der Waals surface area (Å²) in [6.07, 6.45) is -0.387. The van der Waals surface area contributed by atoms with Gasteiger partial charge in [-0.1, -0.05) is 23.8 Å². The minimum atomic E-state index is -3.98. The SMILES string of the molecule is Cc1ccc(S(=O)(=O)N(CCC(=O)O)c2cccc(F)c2)cc1. The van der Waals surface area contributed by atoms with Crippen LogP contribution in [0, 0.1) is 12.7 Å². The number of sulfonamides is 1. The number of carboxylic acid groups (broad SMARTS) is 1. The van der Waals surface area contributed by atoms with Crippen LogP contribution in [0.25, 0.3) is 0 Å². The zero-order valence-electron chi connectivity index (χ0n) is 12.4. The molecule has 0 saturated carbocycles. The first-order valence-corrected chi connectivity index (χ1v) is 8.31. The number of rotatable bonds is 6. The normalized spacial score (nSPS) is 11.2. The summed E-state index contributed by atoms with van der Waals surface area (Å²) in [6.45, 7) is 1.54. The van der Waals surface area contributed by atoms with Crippen LogP contribution in [0.15, 0.2) is 53.4 Å². The molecule has 0 aliphatic rings. The number of carbonyl (C=O) groups is 1. The topological polar surface area (TPSA) is 74.7 Å². The largest absolute Gasteiger partial charge is 0.481 e. The van der Waals surface area contributed by atoms with Crippen LogP contribution in [0.4, 0.5) is 10.1 Å². The maximum atomic E-state index is 13.4. The summed E-state index contributed by atoms with van der Waals surface area (Å²) in [5, 5.41) is 8.84. The molecular weight excluding hydrogens is 321 g/mol. The summed E-state index contributed by atoms with van der Waals surface area (Å²) in [5.74, 6) is -1.73. The molecule has 0 radical (unpaired) electrons. The van der Waals surface area contributed by atoms with Gasteiger partial charge in [0.1, 0.15) is 5.82 Å². The van der Waals surface area contributed by atoms with Gasteiger partial charge in [0.15, 0.2) is 0 Å². The molecule has 2 aromatic rings. The van der Waals surface area contributed by atoms with Gasteiger partial charge >= 0.3 is 5.97 Å². The van der Waals surface area contributed by atoms with Crippen LogP contribution in [0.3, 0.4) is 0 Å². The van der Waals surface area contributed by atoms with E-state index in [-0.39, 0.29) is 23.5 Å². The van der Waals surface area contributed by atoms with Crippen LogP contribution in [-0.2, 0) is 14.8 Å². The Morgan fingerprint density at radius 2 is 1.83 bits per heavy atom. The van der Waals surface area contributed by atoms with Crippen molar-refractivity contribution in [3.8, 4) is 0 Å². The van der Waals surface area contributed by atoms with Crippen molar-refractivity contribution in [1.29, 1.82) is 0 Å². The number of halogens is 1. The Morgan fingerprint density at radius 1 is 1.17 bits per heavy atom. The minimum absolute atomic E-state index is 0.0257. The maximum absolute atomic E-state index is 13.4. The van der Waals surface area contributed by atoms with Crippen molar-refractivity contribution in [3.05, 3.63) is 59.9 Å². The maximum Gasteiger partial charge on any atom is 0.305 e. The molecule has 1 N–H and O–H groups in total. The summed E-state index contributed by atoms with van der Waals surface area (Å²) in [7, 11) is -3.98. The molecule has 0 aromatic heterocycles. The predicted molar refractivity (Wildman–Crippen MR) is 84.4 cm³/mol. The summed E-state index contributed by atoms with van der Waals surface area (Å²) >= 11 is 0. The quantitative estimate of drug-likeness (QED) is 0.879. The highest BCUT2D eigenvalue weighted by molar-refractivity contribution is 7.92. The standard InChI is InChI=1S/C16H16FNO4S/c1-12-5-7-15(8-6-12)23(21,22)18(10-9-16(19)20)14-4-2-3-13(17)11-14/h2-8,11H,9-10H2,1H3,(H,19,20). The summed E-state index contributed by atoms with van der Waals surface area (Å²) in [5.41, 5.74) is 0.985. The van der Waals surface area contributed by atoms with Crippen LogP contribution in [0.5, 0.6) is 0 Å². The number of nitrogens with zero attached hydrogens (tertiary/aromatic N) is 1. The van der Waals surface area contributed by atoms with Crippen LogP contribution >= 0.6 is 0 Å². The van der Waals surface area contributed by atoms with Gasteiger partial charge in [0, 0.05) is 6.54 Å². The zero-order chi connectivity index (χ0) is 17.0.